The Morgan fingerprint density at radius 3 is 1.78 bits per heavy atom. The quantitative estimate of drug-likeness (QED) is 0.754. The molecular formula is C10H17F6NO. The first-order valence-corrected chi connectivity index (χ1v) is 5.50. The minimum Gasteiger partial charge on any atom is -0.357 e. The fourth-order valence-corrected chi connectivity index (χ4v) is 1.13. The third kappa shape index (κ3) is 6.44. The van der Waals surface area contributed by atoms with Crippen LogP contribution in [0.4, 0.5) is 26.3 Å². The Balaban J connectivity index is 4.43. The van der Waals surface area contributed by atoms with Gasteiger partial charge in [0.1, 0.15) is 0 Å². The Morgan fingerprint density at radius 1 is 1.00 bits per heavy atom. The van der Waals surface area contributed by atoms with Crippen LogP contribution in [0.5, 0.6) is 0 Å². The predicted octanol–water partition coefficient (Wildman–Crippen LogP) is 3.27. The lowest BCUT2D eigenvalue weighted by Crippen LogP contribution is -2.47. The third-order valence-corrected chi connectivity index (χ3v) is 2.33. The molecule has 0 aliphatic heterocycles. The van der Waals surface area contributed by atoms with Gasteiger partial charge in [0.15, 0.2) is 0 Å². The van der Waals surface area contributed by atoms with Crippen LogP contribution in [-0.2, 0) is 4.74 Å². The summed E-state index contributed by atoms with van der Waals surface area (Å²) in [6, 6.07) is 0.00581. The predicted molar refractivity (Wildman–Crippen MR) is 54.2 cm³/mol. The molecule has 0 spiro atoms. The van der Waals surface area contributed by atoms with Gasteiger partial charge in [-0.15, -0.1) is 0 Å². The van der Waals surface area contributed by atoms with Gasteiger partial charge < -0.3 is 10.1 Å². The van der Waals surface area contributed by atoms with E-state index < -0.39 is 24.6 Å². The lowest BCUT2D eigenvalue weighted by atomic mass is 10.2. The Labute approximate surface area is 102 Å². The highest BCUT2D eigenvalue weighted by molar-refractivity contribution is 4.78. The number of rotatable bonds is 6. The molecule has 0 bridgehead atoms. The standard InChI is InChI=1S/C10H17F6NO/c1-4-6(2)17-5-7(3)18-8(9(11,12)13)10(14,15)16/h6-8,17H,4-5H2,1-3H3. The van der Waals surface area contributed by atoms with Crippen LogP contribution in [-0.4, -0.2) is 37.1 Å². The summed E-state index contributed by atoms with van der Waals surface area (Å²) in [6.45, 7) is 4.71. The number of hydrogen-bond acceptors (Lipinski definition) is 2. The van der Waals surface area contributed by atoms with E-state index >= 15 is 0 Å². The highest BCUT2D eigenvalue weighted by Gasteiger charge is 2.58. The molecule has 1 N–H and O–H groups in total. The molecule has 0 saturated heterocycles. The second-order valence-corrected chi connectivity index (χ2v) is 4.13. The van der Waals surface area contributed by atoms with E-state index in [4.69, 9.17) is 0 Å². The van der Waals surface area contributed by atoms with E-state index in [-0.39, 0.29) is 12.6 Å². The van der Waals surface area contributed by atoms with Crippen molar-refractivity contribution in [1.29, 1.82) is 0 Å². The van der Waals surface area contributed by atoms with E-state index in [1.54, 1.807) is 6.92 Å². The smallest absolute Gasteiger partial charge is 0.357 e. The van der Waals surface area contributed by atoms with E-state index in [9.17, 15) is 26.3 Å². The van der Waals surface area contributed by atoms with Crippen LogP contribution >= 0.6 is 0 Å². The average Bonchev–Trinajstić information content (AvgIpc) is 2.19. The molecular weight excluding hydrogens is 264 g/mol. The largest absolute Gasteiger partial charge is 0.423 e. The zero-order valence-electron chi connectivity index (χ0n) is 10.3. The van der Waals surface area contributed by atoms with Crippen molar-refractivity contribution in [3.8, 4) is 0 Å². The lowest BCUT2D eigenvalue weighted by molar-refractivity contribution is -0.329. The summed E-state index contributed by atoms with van der Waals surface area (Å²) in [7, 11) is 0. The van der Waals surface area contributed by atoms with Crippen molar-refractivity contribution in [1.82, 2.24) is 5.32 Å². The molecule has 0 heterocycles. The molecule has 0 rings (SSSR count). The molecule has 0 aliphatic rings. The molecule has 18 heavy (non-hydrogen) atoms. The molecule has 0 fully saturated rings. The maximum absolute atomic E-state index is 12.2. The monoisotopic (exact) mass is 281 g/mol. The van der Waals surface area contributed by atoms with Crippen LogP contribution in [0.1, 0.15) is 27.2 Å². The van der Waals surface area contributed by atoms with Crippen molar-refractivity contribution in [2.24, 2.45) is 0 Å². The van der Waals surface area contributed by atoms with Gasteiger partial charge in [0.05, 0.1) is 6.10 Å². The molecule has 2 atom stereocenters. The molecule has 0 aromatic heterocycles. The number of halogens is 6. The first kappa shape index (κ1) is 17.5. The van der Waals surface area contributed by atoms with Crippen LogP contribution in [0.15, 0.2) is 0 Å². The zero-order valence-corrected chi connectivity index (χ0v) is 10.3. The fourth-order valence-electron chi connectivity index (χ4n) is 1.13. The van der Waals surface area contributed by atoms with Gasteiger partial charge in [-0.2, -0.15) is 26.3 Å². The first-order chi connectivity index (χ1) is 7.98. The van der Waals surface area contributed by atoms with Crippen molar-refractivity contribution in [3.63, 3.8) is 0 Å². The second kappa shape index (κ2) is 6.60. The lowest BCUT2D eigenvalue weighted by Gasteiger charge is -2.27. The van der Waals surface area contributed by atoms with Gasteiger partial charge in [-0.3, -0.25) is 0 Å². The van der Waals surface area contributed by atoms with Crippen molar-refractivity contribution < 1.29 is 31.1 Å². The summed E-state index contributed by atoms with van der Waals surface area (Å²) < 4.78 is 77.1. The van der Waals surface area contributed by atoms with Gasteiger partial charge in [0, 0.05) is 12.6 Å². The molecule has 0 aliphatic carbocycles. The van der Waals surface area contributed by atoms with Crippen LogP contribution in [0, 0.1) is 0 Å². The summed E-state index contributed by atoms with van der Waals surface area (Å²) in [5.41, 5.74) is 0. The van der Waals surface area contributed by atoms with E-state index in [1.807, 2.05) is 6.92 Å². The summed E-state index contributed by atoms with van der Waals surface area (Å²) in [4.78, 5) is 0. The van der Waals surface area contributed by atoms with Crippen LogP contribution in [0.25, 0.3) is 0 Å². The van der Waals surface area contributed by atoms with Gasteiger partial charge in [-0.1, -0.05) is 6.92 Å². The normalized spacial score (nSPS) is 17.0. The number of ether oxygens (including phenoxy) is 1. The third-order valence-electron chi connectivity index (χ3n) is 2.33. The van der Waals surface area contributed by atoms with E-state index in [1.165, 1.54) is 6.92 Å². The second-order valence-electron chi connectivity index (χ2n) is 4.13. The molecule has 0 aromatic rings. The van der Waals surface area contributed by atoms with Crippen molar-refractivity contribution in [3.05, 3.63) is 0 Å². The first-order valence-electron chi connectivity index (χ1n) is 5.50. The molecule has 8 heteroatoms. The van der Waals surface area contributed by atoms with Crippen LogP contribution in [0.3, 0.4) is 0 Å². The van der Waals surface area contributed by atoms with Gasteiger partial charge in [-0.05, 0) is 20.3 Å². The van der Waals surface area contributed by atoms with Crippen molar-refractivity contribution in [2.75, 3.05) is 6.54 Å². The highest BCUT2D eigenvalue weighted by atomic mass is 19.4. The SMILES string of the molecule is CCC(C)NCC(C)OC(C(F)(F)F)C(F)(F)F. The molecule has 0 aromatic carbocycles. The molecule has 0 amide bonds. The van der Waals surface area contributed by atoms with E-state index in [0.29, 0.717) is 6.42 Å². The van der Waals surface area contributed by atoms with Gasteiger partial charge in [0.2, 0.25) is 6.10 Å². The maximum Gasteiger partial charge on any atom is 0.423 e. The molecule has 0 radical (unpaired) electrons. The zero-order chi connectivity index (χ0) is 14.6. The Kier molecular flexibility index (Phi) is 6.42. The number of hydrogen-bond donors (Lipinski definition) is 1. The molecule has 0 saturated carbocycles. The van der Waals surface area contributed by atoms with Crippen LogP contribution in [0.2, 0.25) is 0 Å². The van der Waals surface area contributed by atoms with Gasteiger partial charge >= 0.3 is 12.4 Å². The Morgan fingerprint density at radius 2 is 1.44 bits per heavy atom. The molecule has 2 nitrogen and oxygen atoms in total. The van der Waals surface area contributed by atoms with Crippen LogP contribution < -0.4 is 5.32 Å². The minimum atomic E-state index is -5.46. The average molecular weight is 281 g/mol. The minimum absolute atomic E-state index is 0.00581. The summed E-state index contributed by atoms with van der Waals surface area (Å²) in [5, 5.41) is 2.78. The van der Waals surface area contributed by atoms with Gasteiger partial charge in [0.25, 0.3) is 0 Å². The van der Waals surface area contributed by atoms with E-state index in [2.05, 4.69) is 10.1 Å². The maximum atomic E-state index is 12.2. The molecule has 110 valence electrons. The van der Waals surface area contributed by atoms with Gasteiger partial charge in [-0.25, -0.2) is 0 Å². The number of alkyl halides is 6. The number of nitrogens with one attached hydrogen (secondary N) is 1. The van der Waals surface area contributed by atoms with Crippen molar-refractivity contribution >= 4 is 0 Å². The topological polar surface area (TPSA) is 21.3 Å². The fraction of sp³-hybridized carbons (Fsp3) is 1.00. The highest BCUT2D eigenvalue weighted by Crippen LogP contribution is 2.36. The molecule has 2 unspecified atom stereocenters. The summed E-state index contributed by atoms with van der Waals surface area (Å²) in [6.07, 6.45) is -15.1. The summed E-state index contributed by atoms with van der Waals surface area (Å²) >= 11 is 0. The summed E-state index contributed by atoms with van der Waals surface area (Å²) in [5.74, 6) is 0. The van der Waals surface area contributed by atoms with Crippen molar-refractivity contribution in [2.45, 2.75) is 57.8 Å². The van der Waals surface area contributed by atoms with E-state index in [0.717, 1.165) is 0 Å². The Bertz CT molecular complexity index is 226. The Hall–Kier alpha value is -0.500.